The first-order chi connectivity index (χ1) is 8.95. The van der Waals surface area contributed by atoms with Crippen molar-refractivity contribution in [2.45, 2.75) is 19.4 Å². The normalized spacial score (nSPS) is 12.5. The minimum Gasteiger partial charge on any atom is -0.388 e. The molecule has 0 aromatic heterocycles. The summed E-state index contributed by atoms with van der Waals surface area (Å²) in [5.74, 6) is -1.96. The van der Waals surface area contributed by atoms with Gasteiger partial charge in [0.2, 0.25) is 0 Å². The number of aliphatic hydroxyl groups excluding tert-OH is 1. The van der Waals surface area contributed by atoms with Crippen LogP contribution in [0.15, 0.2) is 36.4 Å². The van der Waals surface area contributed by atoms with Crippen LogP contribution in [0.1, 0.15) is 22.8 Å². The van der Waals surface area contributed by atoms with Gasteiger partial charge in [-0.2, -0.15) is 0 Å². The van der Waals surface area contributed by atoms with Crippen LogP contribution in [0.2, 0.25) is 0 Å². The highest BCUT2D eigenvalue weighted by molar-refractivity contribution is 5.28. The summed E-state index contributed by atoms with van der Waals surface area (Å²) in [4.78, 5) is 0. The van der Waals surface area contributed by atoms with Crippen molar-refractivity contribution in [3.8, 4) is 0 Å². The second-order valence-electron chi connectivity index (χ2n) is 4.52. The fourth-order valence-electron chi connectivity index (χ4n) is 1.98. The Morgan fingerprint density at radius 1 is 1.00 bits per heavy atom. The zero-order chi connectivity index (χ0) is 14.0. The molecule has 1 N–H and O–H groups in total. The Balaban J connectivity index is 2.25. The van der Waals surface area contributed by atoms with Crippen molar-refractivity contribution < 1.29 is 18.3 Å². The molecule has 0 saturated carbocycles. The molecule has 0 radical (unpaired) electrons. The molecule has 2 aromatic rings. The number of halogens is 3. The van der Waals surface area contributed by atoms with Gasteiger partial charge < -0.3 is 5.11 Å². The van der Waals surface area contributed by atoms with Gasteiger partial charge in [-0.25, -0.2) is 13.2 Å². The fraction of sp³-hybridized carbons (Fsp3) is 0.200. The molecule has 0 aliphatic rings. The van der Waals surface area contributed by atoms with E-state index in [1.807, 2.05) is 0 Å². The maximum Gasteiger partial charge on any atom is 0.129 e. The van der Waals surface area contributed by atoms with Crippen LogP contribution >= 0.6 is 0 Å². The summed E-state index contributed by atoms with van der Waals surface area (Å²) >= 11 is 0. The van der Waals surface area contributed by atoms with Gasteiger partial charge in [-0.15, -0.1) is 0 Å². The van der Waals surface area contributed by atoms with Crippen LogP contribution in [0.25, 0.3) is 0 Å². The third-order valence-corrected chi connectivity index (χ3v) is 2.86. The van der Waals surface area contributed by atoms with E-state index < -0.39 is 23.6 Å². The van der Waals surface area contributed by atoms with Gasteiger partial charge in [0.05, 0.1) is 6.10 Å². The lowest BCUT2D eigenvalue weighted by atomic mass is 9.99. The zero-order valence-corrected chi connectivity index (χ0v) is 10.3. The standard InChI is InChI=1S/C15H13F3O/c1-9-2-3-14(18)13(4-9)15(19)7-10-5-11(16)8-12(17)6-10/h2-6,8,15,19H,7H2,1H3. The van der Waals surface area contributed by atoms with Crippen LogP contribution in [-0.2, 0) is 6.42 Å². The first-order valence-electron chi connectivity index (χ1n) is 5.85. The van der Waals surface area contributed by atoms with Crippen molar-refractivity contribution in [2.24, 2.45) is 0 Å². The van der Waals surface area contributed by atoms with E-state index >= 15 is 0 Å². The van der Waals surface area contributed by atoms with Gasteiger partial charge in [0.1, 0.15) is 17.5 Å². The SMILES string of the molecule is Cc1ccc(F)c(C(O)Cc2cc(F)cc(F)c2)c1. The van der Waals surface area contributed by atoms with Crippen LogP contribution in [0.5, 0.6) is 0 Å². The molecule has 0 fully saturated rings. The molecule has 1 nitrogen and oxygen atoms in total. The number of rotatable bonds is 3. The molecule has 0 saturated heterocycles. The minimum atomic E-state index is -1.14. The Bertz CT molecular complexity index is 576. The summed E-state index contributed by atoms with van der Waals surface area (Å²) in [6.07, 6.45) is -1.18. The summed E-state index contributed by atoms with van der Waals surface area (Å²) in [5, 5.41) is 9.98. The molecule has 0 spiro atoms. The van der Waals surface area contributed by atoms with E-state index in [1.54, 1.807) is 13.0 Å². The second-order valence-corrected chi connectivity index (χ2v) is 4.52. The molecule has 2 rings (SSSR count). The highest BCUT2D eigenvalue weighted by atomic mass is 19.1. The summed E-state index contributed by atoms with van der Waals surface area (Å²) in [5.41, 5.74) is 1.22. The summed E-state index contributed by atoms with van der Waals surface area (Å²) in [6, 6.07) is 7.38. The predicted molar refractivity (Wildman–Crippen MR) is 66.2 cm³/mol. The van der Waals surface area contributed by atoms with E-state index in [-0.39, 0.29) is 17.5 Å². The van der Waals surface area contributed by atoms with Crippen molar-refractivity contribution in [2.75, 3.05) is 0 Å². The van der Waals surface area contributed by atoms with E-state index in [1.165, 1.54) is 12.1 Å². The molecule has 0 heterocycles. The Morgan fingerprint density at radius 2 is 1.63 bits per heavy atom. The maximum atomic E-state index is 13.6. The highest BCUT2D eigenvalue weighted by Crippen LogP contribution is 2.23. The number of aryl methyl sites for hydroxylation is 1. The molecule has 19 heavy (non-hydrogen) atoms. The average molecular weight is 266 g/mol. The Morgan fingerprint density at radius 3 is 2.26 bits per heavy atom. The van der Waals surface area contributed by atoms with E-state index in [0.717, 1.165) is 23.8 Å². The molecule has 0 bridgehead atoms. The molecule has 1 unspecified atom stereocenters. The number of benzene rings is 2. The molecule has 4 heteroatoms. The van der Waals surface area contributed by atoms with Crippen molar-refractivity contribution >= 4 is 0 Å². The molecule has 0 aliphatic carbocycles. The van der Waals surface area contributed by atoms with Gasteiger partial charge in [0.15, 0.2) is 0 Å². The molecule has 2 aromatic carbocycles. The maximum absolute atomic E-state index is 13.6. The van der Waals surface area contributed by atoms with Crippen LogP contribution in [0.3, 0.4) is 0 Å². The van der Waals surface area contributed by atoms with Crippen molar-refractivity contribution in [1.82, 2.24) is 0 Å². The Labute approximate surface area is 109 Å². The number of hydrogen-bond acceptors (Lipinski definition) is 1. The van der Waals surface area contributed by atoms with Crippen LogP contribution in [0.4, 0.5) is 13.2 Å². The fourth-order valence-corrected chi connectivity index (χ4v) is 1.98. The summed E-state index contributed by atoms with van der Waals surface area (Å²) in [7, 11) is 0. The Hall–Kier alpha value is -1.81. The van der Waals surface area contributed by atoms with Crippen LogP contribution < -0.4 is 0 Å². The van der Waals surface area contributed by atoms with Crippen molar-refractivity contribution in [3.05, 3.63) is 70.5 Å². The number of hydrogen-bond donors (Lipinski definition) is 1. The molecular formula is C15H13F3O. The first-order valence-corrected chi connectivity index (χ1v) is 5.85. The lowest BCUT2D eigenvalue weighted by molar-refractivity contribution is 0.173. The largest absolute Gasteiger partial charge is 0.388 e. The summed E-state index contributed by atoms with van der Waals surface area (Å²) in [6.45, 7) is 1.78. The molecule has 1 atom stereocenters. The van der Waals surface area contributed by atoms with Crippen LogP contribution in [0, 0.1) is 24.4 Å². The van der Waals surface area contributed by atoms with Gasteiger partial charge in [0, 0.05) is 18.1 Å². The number of aliphatic hydroxyl groups is 1. The van der Waals surface area contributed by atoms with E-state index in [2.05, 4.69) is 0 Å². The van der Waals surface area contributed by atoms with Crippen molar-refractivity contribution in [1.29, 1.82) is 0 Å². The average Bonchev–Trinajstić information content (AvgIpc) is 2.30. The summed E-state index contributed by atoms with van der Waals surface area (Å²) < 4.78 is 39.6. The molecule has 100 valence electrons. The van der Waals surface area contributed by atoms with Gasteiger partial charge >= 0.3 is 0 Å². The topological polar surface area (TPSA) is 20.2 Å². The highest BCUT2D eigenvalue weighted by Gasteiger charge is 2.14. The lowest BCUT2D eigenvalue weighted by Crippen LogP contribution is -2.05. The zero-order valence-electron chi connectivity index (χ0n) is 10.3. The van der Waals surface area contributed by atoms with E-state index in [9.17, 15) is 18.3 Å². The molecule has 0 amide bonds. The third-order valence-electron chi connectivity index (χ3n) is 2.86. The predicted octanol–water partition coefficient (Wildman–Crippen LogP) is 3.69. The van der Waals surface area contributed by atoms with Crippen LogP contribution in [-0.4, -0.2) is 5.11 Å². The van der Waals surface area contributed by atoms with Gasteiger partial charge in [-0.1, -0.05) is 17.7 Å². The minimum absolute atomic E-state index is 0.0466. The Kier molecular flexibility index (Phi) is 3.90. The van der Waals surface area contributed by atoms with Crippen molar-refractivity contribution in [3.63, 3.8) is 0 Å². The van der Waals surface area contributed by atoms with E-state index in [0.29, 0.717) is 0 Å². The van der Waals surface area contributed by atoms with Gasteiger partial charge in [-0.3, -0.25) is 0 Å². The third kappa shape index (κ3) is 3.35. The molecule has 0 aliphatic heterocycles. The lowest BCUT2D eigenvalue weighted by Gasteiger charge is -2.13. The van der Waals surface area contributed by atoms with Gasteiger partial charge in [-0.05, 0) is 30.7 Å². The molecular weight excluding hydrogens is 253 g/mol. The second kappa shape index (κ2) is 5.45. The van der Waals surface area contributed by atoms with Gasteiger partial charge in [0.25, 0.3) is 0 Å². The van der Waals surface area contributed by atoms with E-state index in [4.69, 9.17) is 0 Å². The quantitative estimate of drug-likeness (QED) is 0.898. The first kappa shape index (κ1) is 13.6. The smallest absolute Gasteiger partial charge is 0.129 e. The monoisotopic (exact) mass is 266 g/mol.